The molecule has 20 heavy (non-hydrogen) atoms. The maximum absolute atomic E-state index is 5.77. The second-order valence-corrected chi connectivity index (χ2v) is 4.58. The number of aromatic nitrogens is 3. The van der Waals surface area contributed by atoms with E-state index in [1.165, 1.54) is 0 Å². The molecule has 3 heterocycles. The van der Waals surface area contributed by atoms with Gasteiger partial charge in [-0.25, -0.2) is 4.98 Å². The lowest BCUT2D eigenvalue weighted by atomic mass is 10.2. The van der Waals surface area contributed by atoms with Gasteiger partial charge in [0.25, 0.3) is 0 Å². The van der Waals surface area contributed by atoms with Crippen LogP contribution >= 0.6 is 0 Å². The van der Waals surface area contributed by atoms with Gasteiger partial charge in [-0.15, -0.1) is 0 Å². The number of hydrogen-bond donors (Lipinski definition) is 1. The van der Waals surface area contributed by atoms with Gasteiger partial charge in [-0.3, -0.25) is 0 Å². The third-order valence-corrected chi connectivity index (χ3v) is 3.16. The molecule has 0 aliphatic rings. The van der Waals surface area contributed by atoms with E-state index < -0.39 is 0 Å². The van der Waals surface area contributed by atoms with Crippen LogP contribution in [0.5, 0.6) is 0 Å². The SMILES string of the molecule is COCc1cc(Cn2cc(CN)c3cccnc32)no1. The van der Waals surface area contributed by atoms with Crippen molar-refractivity contribution in [2.75, 3.05) is 7.11 Å². The summed E-state index contributed by atoms with van der Waals surface area (Å²) >= 11 is 0. The van der Waals surface area contributed by atoms with E-state index in [1.54, 1.807) is 13.3 Å². The normalized spacial score (nSPS) is 11.3. The molecule has 0 aliphatic heterocycles. The molecule has 0 aliphatic carbocycles. The highest BCUT2D eigenvalue weighted by molar-refractivity contribution is 5.80. The van der Waals surface area contributed by atoms with E-state index in [0.29, 0.717) is 25.5 Å². The van der Waals surface area contributed by atoms with Crippen molar-refractivity contribution in [3.63, 3.8) is 0 Å². The molecule has 3 rings (SSSR count). The molecule has 104 valence electrons. The highest BCUT2D eigenvalue weighted by Crippen LogP contribution is 2.20. The summed E-state index contributed by atoms with van der Waals surface area (Å²) < 4.78 is 12.2. The van der Waals surface area contributed by atoms with Crippen LogP contribution in [0.1, 0.15) is 17.0 Å². The van der Waals surface area contributed by atoms with E-state index in [2.05, 4.69) is 10.1 Å². The average Bonchev–Trinajstić information content (AvgIpc) is 3.05. The third kappa shape index (κ3) is 2.31. The monoisotopic (exact) mass is 272 g/mol. The smallest absolute Gasteiger partial charge is 0.162 e. The molecule has 0 fully saturated rings. The molecule has 3 aromatic heterocycles. The topological polar surface area (TPSA) is 79.1 Å². The maximum atomic E-state index is 5.77. The summed E-state index contributed by atoms with van der Waals surface area (Å²) in [5, 5.41) is 5.12. The molecule has 0 radical (unpaired) electrons. The van der Waals surface area contributed by atoms with Crippen LogP contribution in [-0.4, -0.2) is 21.8 Å². The van der Waals surface area contributed by atoms with Gasteiger partial charge in [-0.1, -0.05) is 5.16 Å². The molecule has 0 saturated carbocycles. The minimum absolute atomic E-state index is 0.422. The highest BCUT2D eigenvalue weighted by atomic mass is 16.5. The summed E-state index contributed by atoms with van der Waals surface area (Å²) in [5.74, 6) is 0.714. The van der Waals surface area contributed by atoms with Crippen molar-refractivity contribution in [2.45, 2.75) is 19.7 Å². The van der Waals surface area contributed by atoms with Crippen molar-refractivity contribution in [1.82, 2.24) is 14.7 Å². The summed E-state index contributed by atoms with van der Waals surface area (Å²) in [7, 11) is 1.62. The number of hydrogen-bond acceptors (Lipinski definition) is 5. The zero-order valence-electron chi connectivity index (χ0n) is 11.2. The van der Waals surface area contributed by atoms with Gasteiger partial charge < -0.3 is 19.6 Å². The fraction of sp³-hybridized carbons (Fsp3) is 0.286. The van der Waals surface area contributed by atoms with Gasteiger partial charge >= 0.3 is 0 Å². The molecule has 6 heteroatoms. The number of rotatable bonds is 5. The van der Waals surface area contributed by atoms with Gasteiger partial charge in [-0.05, 0) is 17.7 Å². The Morgan fingerprint density at radius 1 is 1.45 bits per heavy atom. The molecule has 0 saturated heterocycles. The van der Waals surface area contributed by atoms with E-state index >= 15 is 0 Å². The molecular weight excluding hydrogens is 256 g/mol. The van der Waals surface area contributed by atoms with Gasteiger partial charge in [0.1, 0.15) is 17.9 Å². The molecular formula is C14H16N4O2. The summed E-state index contributed by atoms with van der Waals surface area (Å²) in [4.78, 5) is 4.41. The van der Waals surface area contributed by atoms with Gasteiger partial charge in [0.15, 0.2) is 5.76 Å². The first-order valence-electron chi connectivity index (χ1n) is 6.38. The Bertz CT molecular complexity index is 717. The van der Waals surface area contributed by atoms with Gasteiger partial charge in [0.2, 0.25) is 0 Å². The van der Waals surface area contributed by atoms with Crippen LogP contribution < -0.4 is 5.73 Å². The first-order chi connectivity index (χ1) is 9.81. The molecule has 0 atom stereocenters. The fourth-order valence-electron chi connectivity index (χ4n) is 2.29. The zero-order valence-corrected chi connectivity index (χ0v) is 11.2. The Labute approximate surface area is 116 Å². The lowest BCUT2D eigenvalue weighted by Gasteiger charge is -2.00. The van der Waals surface area contributed by atoms with Crippen LogP contribution in [0.25, 0.3) is 11.0 Å². The zero-order chi connectivity index (χ0) is 13.9. The minimum Gasteiger partial charge on any atom is -0.377 e. The predicted molar refractivity (Wildman–Crippen MR) is 73.9 cm³/mol. The fourth-order valence-corrected chi connectivity index (χ4v) is 2.29. The standard InChI is InChI=1S/C14H16N4O2/c1-19-9-12-5-11(17-20-12)8-18-7-10(6-15)13-3-2-4-16-14(13)18/h2-5,7H,6,8-9,15H2,1H3. The van der Waals surface area contributed by atoms with Crippen LogP contribution in [0.15, 0.2) is 35.1 Å². The number of nitrogens with two attached hydrogens (primary N) is 1. The van der Waals surface area contributed by atoms with Crippen LogP contribution in [0.4, 0.5) is 0 Å². The van der Waals surface area contributed by atoms with Gasteiger partial charge in [-0.2, -0.15) is 0 Å². The van der Waals surface area contributed by atoms with Crippen molar-refractivity contribution >= 4 is 11.0 Å². The predicted octanol–water partition coefficient (Wildman–Crippen LogP) is 1.68. The summed E-state index contributed by atoms with van der Waals surface area (Å²) in [6, 6.07) is 5.83. The summed E-state index contributed by atoms with van der Waals surface area (Å²) in [5.41, 5.74) is 8.60. The Kier molecular flexibility index (Phi) is 3.49. The van der Waals surface area contributed by atoms with Crippen molar-refractivity contribution < 1.29 is 9.26 Å². The van der Waals surface area contributed by atoms with Crippen molar-refractivity contribution in [3.05, 3.63) is 47.6 Å². The Balaban J connectivity index is 1.93. The minimum atomic E-state index is 0.422. The molecule has 0 aromatic carbocycles. The van der Waals surface area contributed by atoms with Crippen LogP contribution in [0.2, 0.25) is 0 Å². The second kappa shape index (κ2) is 5.44. The van der Waals surface area contributed by atoms with Crippen LogP contribution in [-0.2, 0) is 24.4 Å². The van der Waals surface area contributed by atoms with Gasteiger partial charge in [0, 0.05) is 37.5 Å². The summed E-state index contributed by atoms with van der Waals surface area (Å²) in [6.45, 7) is 1.51. The van der Waals surface area contributed by atoms with Crippen LogP contribution in [0.3, 0.4) is 0 Å². The number of pyridine rings is 1. The number of methoxy groups -OCH3 is 1. The van der Waals surface area contributed by atoms with Crippen LogP contribution in [0, 0.1) is 0 Å². The average molecular weight is 272 g/mol. The van der Waals surface area contributed by atoms with E-state index in [-0.39, 0.29) is 0 Å². The lowest BCUT2D eigenvalue weighted by molar-refractivity contribution is 0.155. The van der Waals surface area contributed by atoms with Crippen molar-refractivity contribution in [1.29, 1.82) is 0 Å². The quantitative estimate of drug-likeness (QED) is 0.764. The molecule has 3 aromatic rings. The molecule has 6 nitrogen and oxygen atoms in total. The molecule has 0 unspecified atom stereocenters. The Hall–Kier alpha value is -2.18. The molecule has 0 amide bonds. The maximum Gasteiger partial charge on any atom is 0.162 e. The van der Waals surface area contributed by atoms with Crippen molar-refractivity contribution in [2.24, 2.45) is 5.73 Å². The van der Waals surface area contributed by atoms with E-state index in [9.17, 15) is 0 Å². The van der Waals surface area contributed by atoms with E-state index in [4.69, 9.17) is 15.0 Å². The largest absolute Gasteiger partial charge is 0.377 e. The van der Waals surface area contributed by atoms with Gasteiger partial charge in [0.05, 0.1) is 6.54 Å². The number of fused-ring (bicyclic) bond motifs is 1. The molecule has 0 bridgehead atoms. The second-order valence-electron chi connectivity index (χ2n) is 4.58. The summed E-state index contributed by atoms with van der Waals surface area (Å²) in [6.07, 6.45) is 3.79. The molecule has 2 N–H and O–H groups in total. The highest BCUT2D eigenvalue weighted by Gasteiger charge is 2.10. The Morgan fingerprint density at radius 3 is 3.15 bits per heavy atom. The lowest BCUT2D eigenvalue weighted by Crippen LogP contribution is -1.99. The first-order valence-corrected chi connectivity index (χ1v) is 6.38. The van der Waals surface area contributed by atoms with E-state index in [0.717, 1.165) is 22.3 Å². The number of nitrogens with zero attached hydrogens (tertiary/aromatic N) is 3. The van der Waals surface area contributed by atoms with E-state index in [1.807, 2.05) is 29.0 Å². The van der Waals surface area contributed by atoms with Crippen molar-refractivity contribution in [3.8, 4) is 0 Å². The Morgan fingerprint density at radius 2 is 2.35 bits per heavy atom. The third-order valence-electron chi connectivity index (χ3n) is 3.16. The number of ether oxygens (including phenoxy) is 1. The first kappa shape index (κ1) is 12.8. The molecule has 0 spiro atoms.